The van der Waals surface area contributed by atoms with Gasteiger partial charge in [0.1, 0.15) is 5.56 Å². The minimum atomic E-state index is -1.30. The molecule has 86 valence electrons. The second-order valence-electron chi connectivity index (χ2n) is 3.37. The van der Waals surface area contributed by atoms with Crippen LogP contribution in [0.25, 0.3) is 0 Å². The number of hydrogen-bond acceptors (Lipinski definition) is 5. The molecule has 0 atom stereocenters. The van der Waals surface area contributed by atoms with Gasteiger partial charge in [-0.05, 0) is 0 Å². The standard InChI is InChI=1S/C10H11NO5/c11-5-4-6-9(16-3-1-2-15-6)7(8(5)12)10(13)14/h4,12H,1-3,11H2,(H,13,14). The van der Waals surface area contributed by atoms with Crippen molar-refractivity contribution in [2.24, 2.45) is 0 Å². The summed E-state index contributed by atoms with van der Waals surface area (Å²) in [5.74, 6) is -1.50. The monoisotopic (exact) mass is 225 g/mol. The van der Waals surface area contributed by atoms with Gasteiger partial charge in [-0.3, -0.25) is 0 Å². The molecule has 0 bridgehead atoms. The van der Waals surface area contributed by atoms with E-state index in [4.69, 9.17) is 20.3 Å². The summed E-state index contributed by atoms with van der Waals surface area (Å²) in [7, 11) is 0. The lowest BCUT2D eigenvalue weighted by Gasteiger charge is -2.12. The third-order valence-corrected chi connectivity index (χ3v) is 2.25. The molecule has 0 saturated carbocycles. The van der Waals surface area contributed by atoms with Gasteiger partial charge in [-0.15, -0.1) is 0 Å². The number of nitrogens with two attached hydrogens (primary N) is 1. The fourth-order valence-corrected chi connectivity index (χ4v) is 1.51. The zero-order chi connectivity index (χ0) is 11.7. The summed E-state index contributed by atoms with van der Waals surface area (Å²) < 4.78 is 10.6. The predicted octanol–water partition coefficient (Wildman–Crippen LogP) is 0.834. The zero-order valence-electron chi connectivity index (χ0n) is 8.40. The number of nitrogen functional groups attached to an aromatic ring is 1. The number of phenols is 1. The maximum Gasteiger partial charge on any atom is 0.343 e. The highest BCUT2D eigenvalue weighted by Gasteiger charge is 2.25. The lowest BCUT2D eigenvalue weighted by molar-refractivity contribution is 0.0689. The molecule has 0 aromatic heterocycles. The van der Waals surface area contributed by atoms with Gasteiger partial charge in [-0.1, -0.05) is 0 Å². The van der Waals surface area contributed by atoms with Gasteiger partial charge in [0.05, 0.1) is 18.9 Å². The van der Waals surface area contributed by atoms with Gasteiger partial charge >= 0.3 is 5.97 Å². The number of benzene rings is 1. The molecule has 0 saturated heterocycles. The molecule has 1 aromatic carbocycles. The summed E-state index contributed by atoms with van der Waals surface area (Å²) in [4.78, 5) is 11.0. The first kappa shape index (κ1) is 10.4. The topological polar surface area (TPSA) is 102 Å². The number of fused-ring (bicyclic) bond motifs is 1. The van der Waals surface area contributed by atoms with Crippen molar-refractivity contribution in [3.8, 4) is 17.2 Å². The van der Waals surface area contributed by atoms with E-state index < -0.39 is 11.7 Å². The van der Waals surface area contributed by atoms with E-state index in [0.717, 1.165) is 0 Å². The molecule has 1 aromatic rings. The van der Waals surface area contributed by atoms with Crippen molar-refractivity contribution in [1.29, 1.82) is 0 Å². The van der Waals surface area contributed by atoms with Crippen LogP contribution >= 0.6 is 0 Å². The molecule has 0 amide bonds. The molecule has 0 spiro atoms. The van der Waals surface area contributed by atoms with Crippen molar-refractivity contribution in [3.63, 3.8) is 0 Å². The van der Waals surface area contributed by atoms with Crippen molar-refractivity contribution >= 4 is 11.7 Å². The molecule has 2 rings (SSSR count). The number of carbonyl (C=O) groups is 1. The first-order valence-corrected chi connectivity index (χ1v) is 4.75. The number of aromatic carboxylic acids is 1. The van der Waals surface area contributed by atoms with Gasteiger partial charge in [0.25, 0.3) is 0 Å². The molecule has 1 aliphatic heterocycles. The Kier molecular flexibility index (Phi) is 2.47. The van der Waals surface area contributed by atoms with Crippen molar-refractivity contribution < 1.29 is 24.5 Å². The molecule has 1 heterocycles. The van der Waals surface area contributed by atoms with Crippen LogP contribution in [0.3, 0.4) is 0 Å². The Balaban J connectivity index is 2.65. The molecule has 6 nitrogen and oxygen atoms in total. The zero-order valence-corrected chi connectivity index (χ0v) is 8.40. The number of ether oxygens (including phenoxy) is 2. The van der Waals surface area contributed by atoms with Crippen LogP contribution < -0.4 is 15.2 Å². The quantitative estimate of drug-likeness (QED) is 0.483. The average Bonchev–Trinajstić information content (AvgIpc) is 2.44. The van der Waals surface area contributed by atoms with Crippen LogP contribution in [0.1, 0.15) is 16.8 Å². The second-order valence-corrected chi connectivity index (χ2v) is 3.37. The molecule has 0 aliphatic carbocycles. The number of carboxylic acids is 1. The third-order valence-electron chi connectivity index (χ3n) is 2.25. The molecule has 0 radical (unpaired) electrons. The van der Waals surface area contributed by atoms with E-state index in [0.29, 0.717) is 19.6 Å². The fraction of sp³-hybridized carbons (Fsp3) is 0.300. The number of hydrogen-bond donors (Lipinski definition) is 3. The van der Waals surface area contributed by atoms with Crippen LogP contribution in [0.4, 0.5) is 5.69 Å². The summed E-state index contributed by atoms with van der Waals surface area (Å²) in [6.07, 6.45) is 0.647. The molecule has 0 fully saturated rings. The van der Waals surface area contributed by atoms with Gasteiger partial charge in [-0.2, -0.15) is 0 Å². The third kappa shape index (κ3) is 1.58. The van der Waals surface area contributed by atoms with Gasteiger partial charge in [0.15, 0.2) is 17.2 Å². The lowest BCUT2D eigenvalue weighted by Crippen LogP contribution is -2.05. The fourth-order valence-electron chi connectivity index (χ4n) is 1.51. The molecule has 16 heavy (non-hydrogen) atoms. The maximum atomic E-state index is 11.0. The van der Waals surface area contributed by atoms with Gasteiger partial charge in [0, 0.05) is 12.5 Å². The number of anilines is 1. The van der Waals surface area contributed by atoms with E-state index in [-0.39, 0.29) is 22.7 Å². The van der Waals surface area contributed by atoms with Crippen LogP contribution in [0.2, 0.25) is 0 Å². The van der Waals surface area contributed by atoms with Gasteiger partial charge in [-0.25, -0.2) is 4.79 Å². The molecule has 1 aliphatic rings. The molecule has 4 N–H and O–H groups in total. The minimum Gasteiger partial charge on any atom is -0.505 e. The summed E-state index contributed by atoms with van der Waals surface area (Å²) >= 11 is 0. The van der Waals surface area contributed by atoms with E-state index in [1.54, 1.807) is 0 Å². The number of aromatic hydroxyl groups is 1. The Morgan fingerprint density at radius 2 is 2.06 bits per heavy atom. The van der Waals surface area contributed by atoms with Gasteiger partial charge in [0.2, 0.25) is 0 Å². The summed E-state index contributed by atoms with van der Waals surface area (Å²) in [6, 6.07) is 1.36. The van der Waals surface area contributed by atoms with Crippen molar-refractivity contribution in [3.05, 3.63) is 11.6 Å². The molecule has 6 heteroatoms. The second kappa shape index (κ2) is 3.80. The average molecular weight is 225 g/mol. The normalized spacial score (nSPS) is 14.2. The van der Waals surface area contributed by atoms with Crippen LogP contribution in [0.15, 0.2) is 6.07 Å². The number of carboxylic acid groups (broad SMARTS) is 1. The maximum absolute atomic E-state index is 11.0. The summed E-state index contributed by atoms with van der Waals surface area (Å²) in [5, 5.41) is 18.6. The Bertz CT molecular complexity index is 443. The predicted molar refractivity (Wildman–Crippen MR) is 55.1 cm³/mol. The van der Waals surface area contributed by atoms with Gasteiger partial charge < -0.3 is 25.4 Å². The Hall–Kier alpha value is -2.11. The number of rotatable bonds is 1. The summed E-state index contributed by atoms with van der Waals surface area (Å²) in [6.45, 7) is 0.771. The SMILES string of the molecule is Nc1cc2c(c(C(=O)O)c1O)OCCCO2. The lowest BCUT2D eigenvalue weighted by atomic mass is 10.1. The first-order chi connectivity index (χ1) is 7.61. The Labute approximate surface area is 91.2 Å². The first-order valence-electron chi connectivity index (χ1n) is 4.75. The van der Waals surface area contributed by atoms with E-state index >= 15 is 0 Å². The summed E-state index contributed by atoms with van der Waals surface area (Å²) in [5.41, 5.74) is 5.09. The van der Waals surface area contributed by atoms with E-state index in [2.05, 4.69) is 0 Å². The largest absolute Gasteiger partial charge is 0.505 e. The molecule has 0 unspecified atom stereocenters. The Morgan fingerprint density at radius 1 is 1.38 bits per heavy atom. The van der Waals surface area contributed by atoms with E-state index in [1.807, 2.05) is 0 Å². The highest BCUT2D eigenvalue weighted by molar-refractivity contribution is 5.97. The van der Waals surface area contributed by atoms with Crippen molar-refractivity contribution in [2.75, 3.05) is 18.9 Å². The minimum absolute atomic E-state index is 0.0386. The molecular weight excluding hydrogens is 214 g/mol. The van der Waals surface area contributed by atoms with Crippen LogP contribution in [-0.4, -0.2) is 29.4 Å². The highest BCUT2D eigenvalue weighted by Crippen LogP contribution is 2.42. The van der Waals surface area contributed by atoms with E-state index in [1.165, 1.54) is 6.07 Å². The van der Waals surface area contributed by atoms with Crippen molar-refractivity contribution in [2.45, 2.75) is 6.42 Å². The Morgan fingerprint density at radius 3 is 2.75 bits per heavy atom. The van der Waals surface area contributed by atoms with Crippen molar-refractivity contribution in [1.82, 2.24) is 0 Å². The van der Waals surface area contributed by atoms with E-state index in [9.17, 15) is 9.90 Å². The highest BCUT2D eigenvalue weighted by atomic mass is 16.5. The smallest absolute Gasteiger partial charge is 0.343 e. The van der Waals surface area contributed by atoms with Crippen LogP contribution in [-0.2, 0) is 0 Å². The molecular formula is C10H11NO5. The van der Waals surface area contributed by atoms with Crippen LogP contribution in [0, 0.1) is 0 Å². The van der Waals surface area contributed by atoms with Crippen LogP contribution in [0.5, 0.6) is 17.2 Å².